The van der Waals surface area contributed by atoms with Gasteiger partial charge in [0, 0.05) is 10.8 Å². The average Bonchev–Trinajstić information content (AvgIpc) is 3.38. The number of rotatable bonds is 3. The SMILES string of the molecule is O=C1C=C(c2cccs2)C[C@@H](c2ccccc2)[C@@H]1n1nnc2ccccc21. The third-order valence-corrected chi connectivity index (χ3v) is 6.08. The summed E-state index contributed by atoms with van der Waals surface area (Å²) in [4.78, 5) is 14.4. The maximum absolute atomic E-state index is 13.3. The van der Waals surface area contributed by atoms with Crippen LogP contribution in [0.5, 0.6) is 0 Å². The summed E-state index contributed by atoms with van der Waals surface area (Å²) < 4.78 is 1.80. The van der Waals surface area contributed by atoms with Crippen molar-refractivity contribution in [1.82, 2.24) is 15.0 Å². The van der Waals surface area contributed by atoms with Crippen LogP contribution < -0.4 is 0 Å². The van der Waals surface area contributed by atoms with Gasteiger partial charge in [0.25, 0.3) is 0 Å². The summed E-state index contributed by atoms with van der Waals surface area (Å²) in [7, 11) is 0. The zero-order valence-corrected chi connectivity index (χ0v) is 15.3. The molecule has 2 heterocycles. The predicted molar refractivity (Wildman–Crippen MR) is 108 cm³/mol. The number of allylic oxidation sites excluding steroid dienone is 2. The Morgan fingerprint density at radius 3 is 2.59 bits per heavy atom. The van der Waals surface area contributed by atoms with Gasteiger partial charge in [-0.15, -0.1) is 16.4 Å². The van der Waals surface area contributed by atoms with Gasteiger partial charge in [-0.1, -0.05) is 53.7 Å². The number of hydrogen-bond acceptors (Lipinski definition) is 4. The van der Waals surface area contributed by atoms with E-state index in [0.717, 1.165) is 33.5 Å². The van der Waals surface area contributed by atoms with Crippen LogP contribution in [-0.2, 0) is 4.79 Å². The molecule has 1 aliphatic carbocycles. The van der Waals surface area contributed by atoms with Gasteiger partial charge in [0.2, 0.25) is 0 Å². The molecule has 0 saturated heterocycles. The highest BCUT2D eigenvalue weighted by Crippen LogP contribution is 2.43. The molecule has 5 heteroatoms. The third kappa shape index (κ3) is 2.80. The number of ketones is 1. The number of thiophene rings is 1. The normalized spacial score (nSPS) is 20.0. The van der Waals surface area contributed by atoms with Crippen LogP contribution >= 0.6 is 11.3 Å². The highest BCUT2D eigenvalue weighted by molar-refractivity contribution is 7.11. The number of carbonyl (C=O) groups excluding carboxylic acids is 1. The van der Waals surface area contributed by atoms with Crippen molar-refractivity contribution in [3.63, 3.8) is 0 Å². The van der Waals surface area contributed by atoms with Gasteiger partial charge in [0.05, 0.1) is 5.52 Å². The monoisotopic (exact) mass is 371 g/mol. The molecular formula is C22H17N3OS. The molecule has 0 fully saturated rings. The lowest BCUT2D eigenvalue weighted by molar-refractivity contribution is -0.118. The van der Waals surface area contributed by atoms with Crippen molar-refractivity contribution >= 4 is 33.7 Å². The lowest BCUT2D eigenvalue weighted by Gasteiger charge is -2.30. The topological polar surface area (TPSA) is 47.8 Å². The van der Waals surface area contributed by atoms with E-state index in [1.165, 1.54) is 0 Å². The van der Waals surface area contributed by atoms with Gasteiger partial charge < -0.3 is 0 Å². The number of aromatic nitrogens is 3. The van der Waals surface area contributed by atoms with Crippen molar-refractivity contribution in [2.45, 2.75) is 18.4 Å². The summed E-state index contributed by atoms with van der Waals surface area (Å²) >= 11 is 1.67. The van der Waals surface area contributed by atoms with E-state index in [1.807, 2.05) is 48.5 Å². The molecule has 0 amide bonds. The summed E-state index contributed by atoms with van der Waals surface area (Å²) in [6, 6.07) is 21.8. The minimum Gasteiger partial charge on any atom is -0.292 e. The van der Waals surface area contributed by atoms with Crippen LogP contribution in [0.1, 0.15) is 28.8 Å². The summed E-state index contributed by atoms with van der Waals surface area (Å²) in [6.07, 6.45) is 2.60. The maximum atomic E-state index is 13.3. The molecule has 0 spiro atoms. The molecule has 2 aromatic heterocycles. The Morgan fingerprint density at radius 2 is 1.78 bits per heavy atom. The highest BCUT2D eigenvalue weighted by atomic mass is 32.1. The van der Waals surface area contributed by atoms with Gasteiger partial charge in [-0.2, -0.15) is 0 Å². The fourth-order valence-corrected chi connectivity index (χ4v) is 4.63. The predicted octanol–water partition coefficient (Wildman–Crippen LogP) is 4.87. The molecule has 4 nitrogen and oxygen atoms in total. The molecule has 0 bridgehead atoms. The van der Waals surface area contributed by atoms with Crippen LogP contribution in [-0.4, -0.2) is 20.8 Å². The zero-order valence-electron chi connectivity index (χ0n) is 14.5. The first kappa shape index (κ1) is 16.1. The Kier molecular flexibility index (Phi) is 3.94. The van der Waals surface area contributed by atoms with E-state index < -0.39 is 0 Å². The van der Waals surface area contributed by atoms with Gasteiger partial charge in [-0.3, -0.25) is 4.79 Å². The Labute approximate surface area is 160 Å². The molecule has 132 valence electrons. The number of carbonyl (C=O) groups is 1. The van der Waals surface area contributed by atoms with Crippen LogP contribution in [0.4, 0.5) is 0 Å². The van der Waals surface area contributed by atoms with Crippen molar-refractivity contribution in [1.29, 1.82) is 0 Å². The van der Waals surface area contributed by atoms with E-state index >= 15 is 0 Å². The molecule has 27 heavy (non-hydrogen) atoms. The maximum Gasteiger partial charge on any atom is 0.181 e. The fraction of sp³-hybridized carbons (Fsp3) is 0.136. The molecule has 1 aliphatic rings. The third-order valence-electron chi connectivity index (χ3n) is 5.14. The first-order chi connectivity index (χ1) is 13.3. The van der Waals surface area contributed by atoms with E-state index in [9.17, 15) is 4.79 Å². The van der Waals surface area contributed by atoms with Gasteiger partial charge in [0.15, 0.2) is 5.78 Å². The van der Waals surface area contributed by atoms with Crippen molar-refractivity contribution in [2.75, 3.05) is 0 Å². The Hall–Kier alpha value is -3.05. The number of para-hydroxylation sites is 1. The Morgan fingerprint density at radius 1 is 0.963 bits per heavy atom. The fourth-order valence-electron chi connectivity index (χ4n) is 3.88. The molecule has 0 aliphatic heterocycles. The number of hydrogen-bond donors (Lipinski definition) is 0. The first-order valence-electron chi connectivity index (χ1n) is 8.94. The molecule has 4 aromatic rings. The van der Waals surface area contributed by atoms with Crippen molar-refractivity contribution < 1.29 is 4.79 Å². The summed E-state index contributed by atoms with van der Waals surface area (Å²) in [5.41, 5.74) is 3.96. The zero-order chi connectivity index (χ0) is 18.2. The van der Waals surface area contributed by atoms with Crippen molar-refractivity contribution in [3.8, 4) is 0 Å². The molecule has 0 radical (unpaired) electrons. The van der Waals surface area contributed by atoms with Gasteiger partial charge in [-0.05, 0) is 47.2 Å². The molecule has 2 aromatic carbocycles. The van der Waals surface area contributed by atoms with E-state index in [2.05, 4.69) is 33.9 Å². The van der Waals surface area contributed by atoms with Crippen LogP contribution in [0.2, 0.25) is 0 Å². The Bertz CT molecular complexity index is 1130. The van der Waals surface area contributed by atoms with Crippen molar-refractivity contribution in [2.24, 2.45) is 0 Å². The molecular weight excluding hydrogens is 354 g/mol. The lowest BCUT2D eigenvalue weighted by atomic mass is 9.79. The second-order valence-corrected chi connectivity index (χ2v) is 7.69. The largest absolute Gasteiger partial charge is 0.292 e. The van der Waals surface area contributed by atoms with Gasteiger partial charge in [0.1, 0.15) is 11.6 Å². The standard InChI is InChI=1S/C22H17N3OS/c26-20-14-16(21-11-6-12-27-21)13-17(15-7-2-1-3-8-15)22(20)25-19-10-5-4-9-18(19)23-24-25/h1-12,14,17,22H,13H2/t17-,22-/m0/s1. The van der Waals surface area contributed by atoms with E-state index in [1.54, 1.807) is 22.1 Å². The second kappa shape index (κ2) is 6.59. The van der Waals surface area contributed by atoms with E-state index in [-0.39, 0.29) is 17.7 Å². The van der Waals surface area contributed by atoms with Crippen LogP contribution in [0.3, 0.4) is 0 Å². The number of benzene rings is 2. The molecule has 2 atom stereocenters. The van der Waals surface area contributed by atoms with E-state index in [4.69, 9.17) is 0 Å². The van der Waals surface area contributed by atoms with Crippen LogP contribution in [0, 0.1) is 0 Å². The minimum atomic E-state index is -0.386. The quantitative estimate of drug-likeness (QED) is 0.516. The van der Waals surface area contributed by atoms with Gasteiger partial charge in [-0.25, -0.2) is 4.68 Å². The minimum absolute atomic E-state index is 0.0194. The molecule has 0 saturated carbocycles. The highest BCUT2D eigenvalue weighted by Gasteiger charge is 2.36. The van der Waals surface area contributed by atoms with Crippen LogP contribution in [0.15, 0.2) is 78.2 Å². The van der Waals surface area contributed by atoms with E-state index in [0.29, 0.717) is 0 Å². The number of nitrogens with zero attached hydrogens (tertiary/aromatic N) is 3. The smallest absolute Gasteiger partial charge is 0.181 e. The Balaban J connectivity index is 1.66. The van der Waals surface area contributed by atoms with Gasteiger partial charge >= 0.3 is 0 Å². The molecule has 0 unspecified atom stereocenters. The average molecular weight is 371 g/mol. The summed E-state index contributed by atoms with van der Waals surface area (Å²) in [5.74, 6) is 0.0973. The number of fused-ring (bicyclic) bond motifs is 1. The summed E-state index contributed by atoms with van der Waals surface area (Å²) in [5, 5.41) is 10.7. The molecule has 0 N–H and O–H groups in total. The van der Waals surface area contributed by atoms with Crippen molar-refractivity contribution in [3.05, 3.63) is 88.6 Å². The van der Waals surface area contributed by atoms with Crippen LogP contribution in [0.25, 0.3) is 16.6 Å². The molecule has 5 rings (SSSR count). The second-order valence-electron chi connectivity index (χ2n) is 6.74. The summed E-state index contributed by atoms with van der Waals surface area (Å²) in [6.45, 7) is 0. The lowest BCUT2D eigenvalue weighted by Crippen LogP contribution is -2.29. The first-order valence-corrected chi connectivity index (χ1v) is 9.82.